The molecule has 0 aromatic heterocycles. The molecule has 8 heteroatoms. The lowest BCUT2D eigenvalue weighted by Gasteiger charge is -2.27. The Hall–Kier alpha value is -2.11. The smallest absolute Gasteiger partial charge is 0.322 e. The molecular weight excluding hydrogens is 262 g/mol. The quantitative estimate of drug-likeness (QED) is 0.318. The Morgan fingerprint density at radius 1 is 1.40 bits per heavy atom. The summed E-state index contributed by atoms with van der Waals surface area (Å²) in [6, 6.07) is 1.73. The van der Waals surface area contributed by atoms with Crippen molar-refractivity contribution in [3.63, 3.8) is 0 Å². The first-order valence-corrected chi connectivity index (χ1v) is 6.40. The van der Waals surface area contributed by atoms with Gasteiger partial charge in [0.05, 0.1) is 0 Å². The van der Waals surface area contributed by atoms with Crippen LogP contribution in [0.1, 0.15) is 0 Å². The maximum absolute atomic E-state index is 11.7. The van der Waals surface area contributed by atoms with Crippen LogP contribution < -0.4 is 16.0 Å². The van der Waals surface area contributed by atoms with Gasteiger partial charge in [-0.2, -0.15) is 5.26 Å². The standard InChI is InChI=1S/C12H19N5O3/c13-7-10(8-15-9-11(18)19)12(20)16-3-6-17-4-1-14-2-5-17/h8,14-15H,1-6,9H2,(H,16,20)(H,18,19)/b10-8-. The van der Waals surface area contributed by atoms with Crippen LogP contribution in [0.5, 0.6) is 0 Å². The number of carbonyl (C=O) groups is 2. The van der Waals surface area contributed by atoms with Crippen molar-refractivity contribution in [2.45, 2.75) is 0 Å². The summed E-state index contributed by atoms with van der Waals surface area (Å²) in [5.41, 5.74) is -0.133. The van der Waals surface area contributed by atoms with Crippen molar-refractivity contribution in [2.75, 3.05) is 45.8 Å². The maximum Gasteiger partial charge on any atom is 0.322 e. The van der Waals surface area contributed by atoms with Crippen LogP contribution in [0, 0.1) is 11.3 Å². The highest BCUT2D eigenvalue weighted by Gasteiger charge is 2.11. The number of hydrogen-bond acceptors (Lipinski definition) is 6. The van der Waals surface area contributed by atoms with Gasteiger partial charge in [0.2, 0.25) is 0 Å². The molecule has 0 radical (unpaired) electrons. The predicted molar refractivity (Wildman–Crippen MR) is 71.7 cm³/mol. The van der Waals surface area contributed by atoms with Gasteiger partial charge in [-0.1, -0.05) is 0 Å². The third-order valence-corrected chi connectivity index (χ3v) is 2.79. The van der Waals surface area contributed by atoms with Gasteiger partial charge in [-0.15, -0.1) is 0 Å². The molecule has 1 heterocycles. The monoisotopic (exact) mass is 281 g/mol. The lowest BCUT2D eigenvalue weighted by molar-refractivity contribution is -0.135. The SMILES string of the molecule is N#C/C(=C/NCC(=O)O)C(=O)NCCN1CCNCC1. The first-order valence-electron chi connectivity index (χ1n) is 6.40. The summed E-state index contributed by atoms with van der Waals surface area (Å²) >= 11 is 0. The van der Waals surface area contributed by atoms with Crippen molar-refractivity contribution in [3.8, 4) is 6.07 Å². The molecule has 1 saturated heterocycles. The molecule has 8 nitrogen and oxygen atoms in total. The molecule has 110 valence electrons. The first kappa shape index (κ1) is 15.9. The molecule has 1 rings (SSSR count). The average molecular weight is 281 g/mol. The van der Waals surface area contributed by atoms with Gasteiger partial charge in [0.25, 0.3) is 5.91 Å². The van der Waals surface area contributed by atoms with Gasteiger partial charge in [-0.3, -0.25) is 14.5 Å². The van der Waals surface area contributed by atoms with Crippen molar-refractivity contribution in [2.24, 2.45) is 0 Å². The van der Waals surface area contributed by atoms with E-state index in [1.165, 1.54) is 0 Å². The van der Waals surface area contributed by atoms with Crippen LogP contribution in [0.2, 0.25) is 0 Å². The number of piperazine rings is 1. The Bertz CT molecular complexity index is 410. The molecule has 20 heavy (non-hydrogen) atoms. The van der Waals surface area contributed by atoms with Crippen LogP contribution in [-0.2, 0) is 9.59 Å². The number of carbonyl (C=O) groups excluding carboxylic acids is 1. The fraction of sp³-hybridized carbons (Fsp3) is 0.583. The molecule has 0 unspecified atom stereocenters. The molecule has 0 aromatic rings. The van der Waals surface area contributed by atoms with E-state index in [2.05, 4.69) is 20.9 Å². The number of nitriles is 1. The normalized spacial score (nSPS) is 16.2. The van der Waals surface area contributed by atoms with Gasteiger partial charge in [-0.25, -0.2) is 0 Å². The molecule has 0 bridgehead atoms. The minimum atomic E-state index is -1.06. The number of hydrogen-bond donors (Lipinski definition) is 4. The second-order valence-corrected chi connectivity index (χ2v) is 4.29. The first-order chi connectivity index (χ1) is 9.63. The Kier molecular flexibility index (Phi) is 7.10. The minimum absolute atomic E-state index is 0.133. The molecule has 1 aliphatic rings. The number of carboxylic acid groups (broad SMARTS) is 1. The van der Waals surface area contributed by atoms with Crippen LogP contribution in [0.3, 0.4) is 0 Å². The summed E-state index contributed by atoms with van der Waals surface area (Å²) in [7, 11) is 0. The highest BCUT2D eigenvalue weighted by atomic mass is 16.4. The van der Waals surface area contributed by atoms with E-state index in [1.54, 1.807) is 6.07 Å². The van der Waals surface area contributed by atoms with E-state index in [0.29, 0.717) is 6.54 Å². The van der Waals surface area contributed by atoms with Gasteiger partial charge >= 0.3 is 5.97 Å². The van der Waals surface area contributed by atoms with Crippen LogP contribution in [0.4, 0.5) is 0 Å². The molecule has 1 amide bonds. The molecular formula is C12H19N5O3. The number of carboxylic acids is 1. The molecule has 0 aromatic carbocycles. The van der Waals surface area contributed by atoms with Gasteiger partial charge in [0.1, 0.15) is 18.2 Å². The van der Waals surface area contributed by atoms with Crippen LogP contribution >= 0.6 is 0 Å². The summed E-state index contributed by atoms with van der Waals surface area (Å²) < 4.78 is 0. The predicted octanol–water partition coefficient (Wildman–Crippen LogP) is -1.91. The average Bonchev–Trinajstić information content (AvgIpc) is 2.44. The van der Waals surface area contributed by atoms with Crippen molar-refractivity contribution in [3.05, 3.63) is 11.8 Å². The second kappa shape index (κ2) is 8.90. The fourth-order valence-electron chi connectivity index (χ4n) is 1.75. The van der Waals surface area contributed by atoms with Crippen LogP contribution in [0.25, 0.3) is 0 Å². The number of rotatable bonds is 7. The summed E-state index contributed by atoms with van der Waals surface area (Å²) in [5, 5.41) is 25.5. The summed E-state index contributed by atoms with van der Waals surface area (Å²) in [5.74, 6) is -1.56. The van der Waals surface area contributed by atoms with Crippen LogP contribution in [0.15, 0.2) is 11.8 Å². The van der Waals surface area contributed by atoms with Crippen molar-refractivity contribution >= 4 is 11.9 Å². The molecule has 0 atom stereocenters. The van der Waals surface area contributed by atoms with Crippen LogP contribution in [-0.4, -0.2) is 67.7 Å². The second-order valence-electron chi connectivity index (χ2n) is 4.29. The van der Waals surface area contributed by atoms with Crippen molar-refractivity contribution in [1.82, 2.24) is 20.9 Å². The maximum atomic E-state index is 11.7. The largest absolute Gasteiger partial charge is 0.480 e. The summed E-state index contributed by atoms with van der Waals surface area (Å²) in [6.45, 7) is 4.62. The number of aliphatic carboxylic acids is 1. The highest BCUT2D eigenvalue weighted by Crippen LogP contribution is 1.92. The lowest BCUT2D eigenvalue weighted by Crippen LogP contribution is -2.46. The summed E-state index contributed by atoms with van der Waals surface area (Å²) in [4.78, 5) is 24.2. The number of amides is 1. The van der Waals surface area contributed by atoms with E-state index in [1.807, 2.05) is 0 Å². The van der Waals surface area contributed by atoms with Crippen molar-refractivity contribution < 1.29 is 14.7 Å². The topological polar surface area (TPSA) is 117 Å². The highest BCUT2D eigenvalue weighted by molar-refractivity contribution is 5.97. The van der Waals surface area contributed by atoms with E-state index in [9.17, 15) is 9.59 Å². The van der Waals surface area contributed by atoms with Gasteiger partial charge < -0.3 is 21.1 Å². The van der Waals surface area contributed by atoms with E-state index in [0.717, 1.165) is 38.9 Å². The summed E-state index contributed by atoms with van der Waals surface area (Å²) in [6.07, 6.45) is 1.12. The third-order valence-electron chi connectivity index (χ3n) is 2.79. The van der Waals surface area contributed by atoms with E-state index < -0.39 is 11.9 Å². The zero-order valence-electron chi connectivity index (χ0n) is 11.2. The van der Waals surface area contributed by atoms with E-state index >= 15 is 0 Å². The Morgan fingerprint density at radius 3 is 2.70 bits per heavy atom. The molecule has 1 fully saturated rings. The molecule has 1 aliphatic heterocycles. The minimum Gasteiger partial charge on any atom is -0.480 e. The molecule has 4 N–H and O–H groups in total. The third kappa shape index (κ3) is 6.17. The zero-order valence-corrected chi connectivity index (χ0v) is 11.2. The fourth-order valence-corrected chi connectivity index (χ4v) is 1.75. The Morgan fingerprint density at radius 2 is 2.10 bits per heavy atom. The lowest BCUT2D eigenvalue weighted by atomic mass is 10.3. The zero-order chi connectivity index (χ0) is 14.8. The number of nitrogens with one attached hydrogen (secondary N) is 3. The Labute approximate surface area is 117 Å². The van der Waals surface area contributed by atoms with Gasteiger partial charge in [0, 0.05) is 45.5 Å². The molecule has 0 saturated carbocycles. The van der Waals surface area contributed by atoms with E-state index in [-0.39, 0.29) is 12.1 Å². The van der Waals surface area contributed by atoms with Gasteiger partial charge in [0.15, 0.2) is 0 Å². The Balaban J connectivity index is 2.28. The molecule has 0 aliphatic carbocycles. The van der Waals surface area contributed by atoms with Gasteiger partial charge in [-0.05, 0) is 0 Å². The van der Waals surface area contributed by atoms with Crippen molar-refractivity contribution in [1.29, 1.82) is 5.26 Å². The van der Waals surface area contributed by atoms with E-state index in [4.69, 9.17) is 10.4 Å². The number of nitrogens with zero attached hydrogens (tertiary/aromatic N) is 2. The molecule has 0 spiro atoms.